The predicted molar refractivity (Wildman–Crippen MR) is 123 cm³/mol. The van der Waals surface area contributed by atoms with E-state index < -0.39 is 0 Å². The van der Waals surface area contributed by atoms with Crippen LogP contribution in [-0.4, -0.2) is 20.9 Å². The van der Waals surface area contributed by atoms with Crippen LogP contribution in [0.2, 0.25) is 0 Å². The molecule has 1 amide bonds. The van der Waals surface area contributed by atoms with Crippen LogP contribution in [0.1, 0.15) is 40.2 Å². The van der Waals surface area contributed by atoms with E-state index in [9.17, 15) is 4.79 Å². The largest absolute Gasteiger partial charge is 0.322 e. The Hall–Kier alpha value is -3.86. The summed E-state index contributed by atoms with van der Waals surface area (Å²) in [4.78, 5) is 25.9. The highest BCUT2D eigenvalue weighted by Gasteiger charge is 2.12. The molecular weight excluding hydrogens is 384 g/mol. The molecule has 1 atom stereocenters. The zero-order valence-electron chi connectivity index (χ0n) is 17.6. The van der Waals surface area contributed by atoms with Crippen LogP contribution in [0.25, 0.3) is 11.1 Å². The molecule has 0 spiro atoms. The number of carbonyl (C=O) groups is 1. The van der Waals surface area contributed by atoms with E-state index in [1.54, 1.807) is 18.6 Å². The molecule has 0 aliphatic carbocycles. The Morgan fingerprint density at radius 3 is 2.52 bits per heavy atom. The lowest BCUT2D eigenvalue weighted by atomic mass is 9.96. The van der Waals surface area contributed by atoms with Crippen LogP contribution in [0.4, 0.5) is 5.69 Å². The summed E-state index contributed by atoms with van der Waals surface area (Å²) in [5.41, 5.74) is 6.24. The van der Waals surface area contributed by atoms with Gasteiger partial charge >= 0.3 is 0 Å². The molecule has 154 valence electrons. The second-order valence-corrected chi connectivity index (χ2v) is 7.66. The van der Waals surface area contributed by atoms with Gasteiger partial charge in [0.05, 0.1) is 17.0 Å². The quantitative estimate of drug-likeness (QED) is 0.461. The zero-order chi connectivity index (χ0) is 21.6. The SMILES string of the molecule is Cc1cncc(C[C@@H](C)c2cccc(NC(=O)c3cncc(-c4ccccc4)c3)c2)n1. The maximum Gasteiger partial charge on any atom is 0.257 e. The fourth-order valence-corrected chi connectivity index (χ4v) is 3.52. The van der Waals surface area contributed by atoms with Gasteiger partial charge in [-0.3, -0.25) is 19.7 Å². The number of rotatable bonds is 6. The molecule has 4 aromatic rings. The molecule has 31 heavy (non-hydrogen) atoms. The third-order valence-electron chi connectivity index (χ3n) is 5.14. The first-order valence-corrected chi connectivity index (χ1v) is 10.3. The highest BCUT2D eigenvalue weighted by atomic mass is 16.1. The molecular formula is C26H24N4O. The van der Waals surface area contributed by atoms with Gasteiger partial charge < -0.3 is 5.32 Å². The van der Waals surface area contributed by atoms with Crippen molar-refractivity contribution in [3.05, 3.63) is 108 Å². The first-order valence-electron chi connectivity index (χ1n) is 10.3. The third kappa shape index (κ3) is 5.20. The van der Waals surface area contributed by atoms with Crippen LogP contribution in [0, 0.1) is 6.92 Å². The topological polar surface area (TPSA) is 67.8 Å². The van der Waals surface area contributed by atoms with Crippen molar-refractivity contribution in [1.29, 1.82) is 0 Å². The Balaban J connectivity index is 1.48. The van der Waals surface area contributed by atoms with E-state index >= 15 is 0 Å². The monoisotopic (exact) mass is 408 g/mol. The number of aryl methyl sites for hydroxylation is 1. The number of hydrogen-bond donors (Lipinski definition) is 1. The van der Waals surface area contributed by atoms with E-state index in [0.29, 0.717) is 5.56 Å². The normalized spacial score (nSPS) is 11.7. The fourth-order valence-electron chi connectivity index (χ4n) is 3.52. The Labute approximate surface area is 182 Å². The van der Waals surface area contributed by atoms with Gasteiger partial charge in [-0.25, -0.2) is 0 Å². The molecule has 0 aliphatic rings. The van der Waals surface area contributed by atoms with Gasteiger partial charge in [0.25, 0.3) is 5.91 Å². The molecule has 4 rings (SSSR count). The van der Waals surface area contributed by atoms with Crippen LogP contribution >= 0.6 is 0 Å². The molecule has 5 nitrogen and oxygen atoms in total. The van der Waals surface area contributed by atoms with Crippen LogP contribution in [0.3, 0.4) is 0 Å². The summed E-state index contributed by atoms with van der Waals surface area (Å²) in [7, 11) is 0. The second-order valence-electron chi connectivity index (χ2n) is 7.66. The number of amides is 1. The molecule has 0 bridgehead atoms. The lowest BCUT2D eigenvalue weighted by Gasteiger charge is -2.14. The Morgan fingerprint density at radius 1 is 0.903 bits per heavy atom. The molecule has 2 heterocycles. The van der Waals surface area contributed by atoms with Crippen molar-refractivity contribution in [2.24, 2.45) is 0 Å². The average Bonchev–Trinajstić information content (AvgIpc) is 2.80. The van der Waals surface area contributed by atoms with E-state index in [2.05, 4.69) is 33.3 Å². The van der Waals surface area contributed by atoms with Crippen molar-refractivity contribution in [1.82, 2.24) is 15.0 Å². The molecule has 0 saturated heterocycles. The Kier molecular flexibility index (Phi) is 6.13. The van der Waals surface area contributed by atoms with Gasteiger partial charge in [-0.15, -0.1) is 0 Å². The van der Waals surface area contributed by atoms with Gasteiger partial charge in [0.15, 0.2) is 0 Å². The summed E-state index contributed by atoms with van der Waals surface area (Å²) in [6.07, 6.45) is 7.70. The number of pyridine rings is 1. The van der Waals surface area contributed by atoms with Crippen molar-refractivity contribution in [3.63, 3.8) is 0 Å². The predicted octanol–water partition coefficient (Wildman–Crippen LogP) is 5.45. The van der Waals surface area contributed by atoms with Crippen LogP contribution in [-0.2, 0) is 6.42 Å². The molecule has 0 radical (unpaired) electrons. The number of benzene rings is 2. The summed E-state index contributed by atoms with van der Waals surface area (Å²) in [6, 6.07) is 19.7. The molecule has 0 fully saturated rings. The highest BCUT2D eigenvalue weighted by Crippen LogP contribution is 2.23. The number of hydrogen-bond acceptors (Lipinski definition) is 4. The van der Waals surface area contributed by atoms with Gasteiger partial charge in [0.1, 0.15) is 0 Å². The van der Waals surface area contributed by atoms with E-state index in [0.717, 1.165) is 40.2 Å². The average molecular weight is 409 g/mol. The zero-order valence-corrected chi connectivity index (χ0v) is 17.6. The second kappa shape index (κ2) is 9.30. The molecule has 0 aliphatic heterocycles. The number of carbonyl (C=O) groups excluding carboxylic acids is 1. The van der Waals surface area contributed by atoms with Crippen molar-refractivity contribution < 1.29 is 4.79 Å². The van der Waals surface area contributed by atoms with Gasteiger partial charge in [0, 0.05) is 36.0 Å². The lowest BCUT2D eigenvalue weighted by molar-refractivity contribution is 0.102. The van der Waals surface area contributed by atoms with Gasteiger partial charge in [-0.05, 0) is 48.6 Å². The summed E-state index contributed by atoms with van der Waals surface area (Å²) in [5, 5.41) is 3.00. The van der Waals surface area contributed by atoms with E-state index in [-0.39, 0.29) is 11.8 Å². The van der Waals surface area contributed by atoms with Crippen molar-refractivity contribution >= 4 is 11.6 Å². The molecule has 5 heteroatoms. The minimum atomic E-state index is -0.181. The molecule has 0 saturated carbocycles. The summed E-state index contributed by atoms with van der Waals surface area (Å²) in [6.45, 7) is 4.09. The molecule has 1 N–H and O–H groups in total. The maximum absolute atomic E-state index is 12.8. The first kappa shape index (κ1) is 20.4. The first-order chi connectivity index (χ1) is 15.1. The Bertz CT molecular complexity index is 1190. The van der Waals surface area contributed by atoms with Crippen molar-refractivity contribution in [3.8, 4) is 11.1 Å². The van der Waals surface area contributed by atoms with Crippen molar-refractivity contribution in [2.75, 3.05) is 5.32 Å². The lowest BCUT2D eigenvalue weighted by Crippen LogP contribution is -2.12. The van der Waals surface area contributed by atoms with E-state index in [1.165, 1.54) is 0 Å². The van der Waals surface area contributed by atoms with Gasteiger partial charge in [-0.2, -0.15) is 0 Å². The maximum atomic E-state index is 12.8. The van der Waals surface area contributed by atoms with Gasteiger partial charge in [-0.1, -0.05) is 49.4 Å². The highest BCUT2D eigenvalue weighted by molar-refractivity contribution is 6.04. The summed E-state index contributed by atoms with van der Waals surface area (Å²) in [5.74, 6) is 0.0654. The number of nitrogens with one attached hydrogen (secondary N) is 1. The van der Waals surface area contributed by atoms with Crippen LogP contribution in [0.5, 0.6) is 0 Å². The third-order valence-corrected chi connectivity index (χ3v) is 5.14. The van der Waals surface area contributed by atoms with Crippen LogP contribution < -0.4 is 5.32 Å². The fraction of sp³-hybridized carbons (Fsp3) is 0.154. The molecule has 0 unspecified atom stereocenters. The Morgan fingerprint density at radius 2 is 1.71 bits per heavy atom. The molecule has 2 aromatic heterocycles. The number of nitrogens with zero attached hydrogens (tertiary/aromatic N) is 3. The van der Waals surface area contributed by atoms with E-state index in [1.807, 2.05) is 67.7 Å². The minimum Gasteiger partial charge on any atom is -0.322 e. The summed E-state index contributed by atoms with van der Waals surface area (Å²) >= 11 is 0. The smallest absolute Gasteiger partial charge is 0.257 e. The summed E-state index contributed by atoms with van der Waals surface area (Å²) < 4.78 is 0. The molecule has 2 aromatic carbocycles. The van der Waals surface area contributed by atoms with Crippen molar-refractivity contribution in [2.45, 2.75) is 26.2 Å². The number of anilines is 1. The minimum absolute atomic E-state index is 0.181. The van der Waals surface area contributed by atoms with Gasteiger partial charge in [0.2, 0.25) is 0 Å². The van der Waals surface area contributed by atoms with Crippen LogP contribution in [0.15, 0.2) is 85.5 Å². The number of aromatic nitrogens is 3. The standard InChI is InChI=1S/C26H24N4O/c1-18(11-25-17-27-14-19(2)29-25)21-9-6-10-24(13-21)30-26(31)23-12-22(15-28-16-23)20-7-4-3-5-8-20/h3-10,12-18H,11H2,1-2H3,(H,30,31)/t18-/m1/s1. The van der Waals surface area contributed by atoms with E-state index in [4.69, 9.17) is 0 Å².